The van der Waals surface area contributed by atoms with Crippen LogP contribution in [0.2, 0.25) is 0 Å². The second kappa shape index (κ2) is 49.0. The van der Waals surface area contributed by atoms with Gasteiger partial charge in [-0.3, -0.25) is 4.79 Å². The Morgan fingerprint density at radius 3 is 1.14 bits per heavy atom. The molecule has 0 saturated carbocycles. The Kier molecular flexibility index (Phi) is 44.7. The first-order valence-corrected chi connectivity index (χ1v) is 34.1. The number of unbranched alkanes of at least 4 members (excludes halogenated alkanes) is 34. The highest BCUT2D eigenvalue weighted by atomic mass is 16.8. The molecule has 12 N–H and O–H groups in total. The highest BCUT2D eigenvalue weighted by molar-refractivity contribution is 5.76. The first-order chi connectivity index (χ1) is 41.3. The molecular weight excluding hydrogens is 1090 g/mol. The fourth-order valence-electron chi connectivity index (χ4n) is 11.7. The van der Waals surface area contributed by atoms with Gasteiger partial charge in [0, 0.05) is 6.42 Å². The van der Waals surface area contributed by atoms with Crippen LogP contribution in [-0.4, -0.2) is 193 Å². The van der Waals surface area contributed by atoms with Crippen LogP contribution in [-0.2, 0) is 33.2 Å². The first kappa shape index (κ1) is 77.5. The molecule has 1 amide bonds. The third-order valence-electron chi connectivity index (χ3n) is 17.2. The summed E-state index contributed by atoms with van der Waals surface area (Å²) in [6.07, 6.45) is 27.3. The van der Waals surface area contributed by atoms with Crippen molar-refractivity contribution >= 4 is 5.91 Å². The Hall–Kier alpha value is -1.73. The van der Waals surface area contributed by atoms with Crippen molar-refractivity contribution in [3.63, 3.8) is 0 Å². The SMILES string of the molecule is CCCCCCC/C=C\CCCCCCCC(=O)NC(COC1OC(CO)C(OC2OC(CO)C(OC3OC(CO)C(O)C(O)C3O)C(O)C2O)C(O)C1O)C(O)/C=C/CCCCCCCCCCCCCCCCCCCCCCCCCC. The van der Waals surface area contributed by atoms with E-state index in [1.807, 2.05) is 6.08 Å². The Morgan fingerprint density at radius 1 is 0.412 bits per heavy atom. The minimum absolute atomic E-state index is 0.235. The second-order valence-corrected chi connectivity index (χ2v) is 24.6. The van der Waals surface area contributed by atoms with E-state index in [1.54, 1.807) is 6.08 Å². The quantitative estimate of drug-likeness (QED) is 0.0201. The first-order valence-electron chi connectivity index (χ1n) is 34.1. The van der Waals surface area contributed by atoms with E-state index >= 15 is 0 Å². The van der Waals surface area contributed by atoms with E-state index in [9.17, 15) is 61.0 Å². The summed E-state index contributed by atoms with van der Waals surface area (Å²) in [5.41, 5.74) is 0. The number of aliphatic hydroxyl groups is 11. The van der Waals surface area contributed by atoms with Crippen LogP contribution in [0.1, 0.15) is 258 Å². The number of hydrogen-bond donors (Lipinski definition) is 12. The Labute approximate surface area is 511 Å². The molecule has 3 fully saturated rings. The fraction of sp³-hybridized carbons (Fsp3) is 0.924. The predicted molar refractivity (Wildman–Crippen MR) is 328 cm³/mol. The van der Waals surface area contributed by atoms with Crippen molar-refractivity contribution in [2.24, 2.45) is 0 Å². The summed E-state index contributed by atoms with van der Waals surface area (Å²) in [5, 5.41) is 120. The summed E-state index contributed by atoms with van der Waals surface area (Å²) in [4.78, 5) is 13.3. The van der Waals surface area contributed by atoms with E-state index in [2.05, 4.69) is 31.3 Å². The summed E-state index contributed by atoms with van der Waals surface area (Å²) in [7, 11) is 0. The largest absolute Gasteiger partial charge is 0.394 e. The minimum Gasteiger partial charge on any atom is -0.394 e. The molecular formula is C66H123NO18. The average Bonchev–Trinajstić information content (AvgIpc) is 3.58. The number of hydrogen-bond acceptors (Lipinski definition) is 18. The van der Waals surface area contributed by atoms with Crippen LogP contribution in [0.3, 0.4) is 0 Å². The summed E-state index contributed by atoms with van der Waals surface area (Å²) in [6, 6.07) is -0.975. The molecule has 0 radical (unpaired) electrons. The molecule has 0 aromatic carbocycles. The zero-order chi connectivity index (χ0) is 61.9. The summed E-state index contributed by atoms with van der Waals surface area (Å²) in [5.74, 6) is -0.282. The summed E-state index contributed by atoms with van der Waals surface area (Å²) < 4.78 is 34.3. The molecule has 3 rings (SSSR count). The van der Waals surface area contributed by atoms with Gasteiger partial charge in [0.15, 0.2) is 18.9 Å². The zero-order valence-electron chi connectivity index (χ0n) is 52.6. The van der Waals surface area contributed by atoms with Crippen LogP contribution in [0.4, 0.5) is 0 Å². The van der Waals surface area contributed by atoms with Gasteiger partial charge in [0.1, 0.15) is 73.2 Å². The van der Waals surface area contributed by atoms with Crippen LogP contribution in [0.5, 0.6) is 0 Å². The number of carbonyl (C=O) groups excluding carboxylic acids is 1. The van der Waals surface area contributed by atoms with Crippen LogP contribution >= 0.6 is 0 Å². The monoisotopic (exact) mass is 1220 g/mol. The number of amides is 1. The minimum atomic E-state index is -1.98. The van der Waals surface area contributed by atoms with Crippen molar-refractivity contribution in [2.75, 3.05) is 26.4 Å². The van der Waals surface area contributed by atoms with Crippen LogP contribution in [0, 0.1) is 0 Å². The number of allylic oxidation sites excluding steroid dienone is 3. The molecule has 17 unspecified atom stereocenters. The van der Waals surface area contributed by atoms with Crippen molar-refractivity contribution in [1.82, 2.24) is 5.32 Å². The third-order valence-corrected chi connectivity index (χ3v) is 17.2. The molecule has 3 aliphatic heterocycles. The lowest BCUT2D eigenvalue weighted by Crippen LogP contribution is -2.66. The van der Waals surface area contributed by atoms with Gasteiger partial charge in [-0.25, -0.2) is 0 Å². The van der Waals surface area contributed by atoms with Crippen LogP contribution in [0.15, 0.2) is 24.3 Å². The highest BCUT2D eigenvalue weighted by Crippen LogP contribution is 2.33. The number of nitrogens with one attached hydrogen (secondary N) is 1. The maximum absolute atomic E-state index is 13.3. The molecule has 0 aliphatic carbocycles. The van der Waals surface area contributed by atoms with Gasteiger partial charge in [-0.15, -0.1) is 0 Å². The van der Waals surface area contributed by atoms with Crippen LogP contribution < -0.4 is 5.32 Å². The molecule has 3 saturated heterocycles. The lowest BCUT2D eigenvalue weighted by molar-refractivity contribution is -0.379. The smallest absolute Gasteiger partial charge is 0.220 e. The second-order valence-electron chi connectivity index (χ2n) is 24.6. The lowest BCUT2D eigenvalue weighted by Gasteiger charge is -2.48. The van der Waals surface area contributed by atoms with Gasteiger partial charge in [0.25, 0.3) is 0 Å². The number of ether oxygens (including phenoxy) is 6. The average molecular weight is 1220 g/mol. The normalized spacial score (nSPS) is 29.1. The molecule has 19 nitrogen and oxygen atoms in total. The van der Waals surface area contributed by atoms with E-state index in [1.165, 1.54) is 167 Å². The fourth-order valence-corrected chi connectivity index (χ4v) is 11.7. The molecule has 3 heterocycles. The number of carbonyl (C=O) groups is 1. The van der Waals surface area contributed by atoms with E-state index in [-0.39, 0.29) is 18.9 Å². The molecule has 19 heteroatoms. The van der Waals surface area contributed by atoms with E-state index in [0.717, 1.165) is 64.2 Å². The molecule has 85 heavy (non-hydrogen) atoms. The Morgan fingerprint density at radius 2 is 0.741 bits per heavy atom. The molecule has 500 valence electrons. The Bertz CT molecular complexity index is 1640. The molecule has 3 aliphatic rings. The maximum atomic E-state index is 13.3. The standard InChI is InChI=1S/C66H123NO18/c1-3-5-7-9-11-13-15-17-19-20-21-22-23-24-25-26-27-28-29-30-31-33-35-37-39-41-43-50(71)49(67-54(72)44-42-40-38-36-34-32-18-16-14-12-10-8-6-4-2)48-80-64-60(78)57(75)62(52(46-69)82-64)85-66-61(79)58(76)63(53(47-70)83-66)84-65-59(77)56(74)55(73)51(45-68)81-65/h16,18,41,43,49-53,55-66,68-71,73-79H,3-15,17,19-40,42,44-48H2,1-2H3,(H,67,72)/b18-16-,43-41+. The van der Waals surface area contributed by atoms with Gasteiger partial charge in [-0.2, -0.15) is 0 Å². The maximum Gasteiger partial charge on any atom is 0.220 e. The third kappa shape index (κ3) is 31.7. The summed E-state index contributed by atoms with van der Waals surface area (Å²) in [6.45, 7) is 1.73. The van der Waals surface area contributed by atoms with E-state index < -0.39 is 124 Å². The van der Waals surface area contributed by atoms with Crippen molar-refractivity contribution in [3.8, 4) is 0 Å². The molecule has 17 atom stereocenters. The summed E-state index contributed by atoms with van der Waals surface area (Å²) >= 11 is 0. The van der Waals surface area contributed by atoms with Gasteiger partial charge in [0.2, 0.25) is 5.91 Å². The highest BCUT2D eigenvalue weighted by Gasteiger charge is 2.53. The number of aliphatic hydroxyl groups excluding tert-OH is 11. The van der Waals surface area contributed by atoms with Gasteiger partial charge >= 0.3 is 0 Å². The molecule has 0 aromatic heterocycles. The molecule has 0 aromatic rings. The molecule has 0 bridgehead atoms. The van der Waals surface area contributed by atoms with Crippen molar-refractivity contribution in [2.45, 2.75) is 362 Å². The van der Waals surface area contributed by atoms with Crippen molar-refractivity contribution < 1.29 is 89.4 Å². The van der Waals surface area contributed by atoms with Gasteiger partial charge in [-0.05, 0) is 44.9 Å². The van der Waals surface area contributed by atoms with Crippen molar-refractivity contribution in [1.29, 1.82) is 0 Å². The van der Waals surface area contributed by atoms with Crippen LogP contribution in [0.25, 0.3) is 0 Å². The zero-order valence-corrected chi connectivity index (χ0v) is 52.6. The van der Waals surface area contributed by atoms with E-state index in [0.29, 0.717) is 6.42 Å². The van der Waals surface area contributed by atoms with Gasteiger partial charge in [-0.1, -0.05) is 231 Å². The number of rotatable bonds is 52. The topological polar surface area (TPSA) is 307 Å². The molecule has 0 spiro atoms. The Balaban J connectivity index is 1.43. The lowest BCUT2D eigenvalue weighted by atomic mass is 9.96. The predicted octanol–water partition coefficient (Wildman–Crippen LogP) is 8.27. The van der Waals surface area contributed by atoms with Crippen molar-refractivity contribution in [3.05, 3.63) is 24.3 Å². The van der Waals surface area contributed by atoms with E-state index in [4.69, 9.17) is 28.4 Å². The van der Waals surface area contributed by atoms with Gasteiger partial charge < -0.3 is 89.9 Å². The van der Waals surface area contributed by atoms with Gasteiger partial charge in [0.05, 0.1) is 38.6 Å².